The van der Waals surface area contributed by atoms with Gasteiger partial charge in [-0.05, 0) is 48.9 Å². The Morgan fingerprint density at radius 3 is 2.04 bits per heavy atom. The van der Waals surface area contributed by atoms with Gasteiger partial charge in [0.2, 0.25) is 0 Å². The molecule has 2 rings (SSSR count). The van der Waals surface area contributed by atoms with Crippen LogP contribution in [0.5, 0.6) is 0 Å². The van der Waals surface area contributed by atoms with Crippen LogP contribution in [0.25, 0.3) is 0 Å². The molecule has 6 nitrogen and oxygen atoms in total. The van der Waals surface area contributed by atoms with Crippen LogP contribution >= 0.6 is 0 Å². The lowest BCUT2D eigenvalue weighted by molar-refractivity contribution is 0.0955. The molecule has 0 fully saturated rings. The fourth-order valence-corrected chi connectivity index (χ4v) is 2.47. The molecule has 0 atom stereocenters. The highest BCUT2D eigenvalue weighted by molar-refractivity contribution is 7.90. The van der Waals surface area contributed by atoms with Gasteiger partial charge in [0, 0.05) is 17.5 Å². The number of amides is 1. The zero-order valence-electron chi connectivity index (χ0n) is 12.8. The minimum absolute atomic E-state index is 0.236. The lowest BCUT2D eigenvalue weighted by atomic mass is 10.1. The quantitative estimate of drug-likeness (QED) is 0.507. The number of hydrogen-bond acceptors (Lipinski definition) is 5. The second-order valence-corrected chi connectivity index (χ2v) is 7.07. The van der Waals surface area contributed by atoms with E-state index in [1.54, 1.807) is 43.3 Å². The van der Waals surface area contributed by atoms with Crippen molar-refractivity contribution in [2.75, 3.05) is 12.0 Å². The number of anilines is 1. The Morgan fingerprint density at radius 2 is 1.52 bits per heavy atom. The number of nitrogens with two attached hydrogens (primary N) is 1. The second kappa shape index (κ2) is 6.62. The summed E-state index contributed by atoms with van der Waals surface area (Å²) in [6.45, 7) is 1.72. The molecule has 1 amide bonds. The van der Waals surface area contributed by atoms with E-state index in [0.29, 0.717) is 17.0 Å². The summed E-state index contributed by atoms with van der Waals surface area (Å²) < 4.78 is 22.8. The first-order valence-electron chi connectivity index (χ1n) is 6.78. The van der Waals surface area contributed by atoms with E-state index < -0.39 is 9.84 Å². The molecular formula is C16H17N3O3S. The Morgan fingerprint density at radius 1 is 1.00 bits per heavy atom. The van der Waals surface area contributed by atoms with Gasteiger partial charge < -0.3 is 5.73 Å². The third-order valence-electron chi connectivity index (χ3n) is 3.20. The van der Waals surface area contributed by atoms with E-state index in [1.165, 1.54) is 12.1 Å². The van der Waals surface area contributed by atoms with Gasteiger partial charge in [-0.3, -0.25) is 4.79 Å². The normalized spacial score (nSPS) is 12.0. The number of carbonyl (C=O) groups is 1. The SMILES string of the molecule is C/C(=N/NC(=O)c1ccc(N)cc1)c1ccc(S(C)(=O)=O)cc1. The Hall–Kier alpha value is -2.67. The van der Waals surface area contributed by atoms with Crippen LogP contribution < -0.4 is 11.2 Å². The summed E-state index contributed by atoms with van der Waals surface area (Å²) in [6.07, 6.45) is 1.15. The molecule has 0 aromatic heterocycles. The average Bonchev–Trinajstić information content (AvgIpc) is 2.52. The molecule has 0 bridgehead atoms. The number of benzene rings is 2. The third kappa shape index (κ3) is 4.40. The fourth-order valence-electron chi connectivity index (χ4n) is 1.84. The molecule has 3 N–H and O–H groups in total. The van der Waals surface area contributed by atoms with Crippen LogP contribution in [-0.2, 0) is 9.84 Å². The summed E-state index contributed by atoms with van der Waals surface area (Å²) in [6, 6.07) is 12.8. The molecule has 2 aromatic carbocycles. The number of hydrazone groups is 1. The van der Waals surface area contributed by atoms with E-state index in [-0.39, 0.29) is 10.8 Å². The standard InChI is InChI=1S/C16H17N3O3S/c1-11(12-5-9-15(10-6-12)23(2,21)22)18-19-16(20)13-3-7-14(17)8-4-13/h3-10H,17H2,1-2H3,(H,19,20)/b18-11-. The number of nitrogen functional groups attached to an aromatic ring is 1. The lowest BCUT2D eigenvalue weighted by Gasteiger charge is -2.04. The summed E-state index contributed by atoms with van der Waals surface area (Å²) in [5.74, 6) is -0.350. The first-order valence-corrected chi connectivity index (χ1v) is 8.67. The predicted octanol–water partition coefficient (Wildman–Crippen LogP) is 1.83. The van der Waals surface area contributed by atoms with Crippen LogP contribution in [0.4, 0.5) is 5.69 Å². The minimum atomic E-state index is -3.23. The number of nitrogens with zero attached hydrogens (tertiary/aromatic N) is 1. The van der Waals surface area contributed by atoms with Gasteiger partial charge in [-0.25, -0.2) is 13.8 Å². The van der Waals surface area contributed by atoms with Crippen LogP contribution in [-0.4, -0.2) is 26.3 Å². The Labute approximate surface area is 134 Å². The van der Waals surface area contributed by atoms with Gasteiger partial charge in [0.25, 0.3) is 5.91 Å². The third-order valence-corrected chi connectivity index (χ3v) is 4.33. The van der Waals surface area contributed by atoms with Gasteiger partial charge in [-0.1, -0.05) is 12.1 Å². The maximum Gasteiger partial charge on any atom is 0.271 e. The molecule has 7 heteroatoms. The molecule has 23 heavy (non-hydrogen) atoms. The number of sulfone groups is 1. The van der Waals surface area contributed by atoms with Gasteiger partial charge in [0.15, 0.2) is 9.84 Å². The van der Waals surface area contributed by atoms with Gasteiger partial charge in [-0.2, -0.15) is 5.10 Å². The molecule has 2 aromatic rings. The minimum Gasteiger partial charge on any atom is -0.399 e. The molecule has 0 heterocycles. The highest BCUT2D eigenvalue weighted by Crippen LogP contribution is 2.11. The van der Waals surface area contributed by atoms with Crippen LogP contribution in [0, 0.1) is 0 Å². The molecule has 0 aliphatic heterocycles. The van der Waals surface area contributed by atoms with Crippen LogP contribution in [0.15, 0.2) is 58.5 Å². The highest BCUT2D eigenvalue weighted by Gasteiger charge is 2.08. The van der Waals surface area contributed by atoms with E-state index in [4.69, 9.17) is 5.73 Å². The Balaban J connectivity index is 2.10. The molecule has 0 radical (unpaired) electrons. The van der Waals surface area contributed by atoms with Crippen LogP contribution in [0.1, 0.15) is 22.8 Å². The molecule has 0 unspecified atom stereocenters. The van der Waals surface area contributed by atoms with Crippen molar-refractivity contribution >= 4 is 27.1 Å². The van der Waals surface area contributed by atoms with E-state index >= 15 is 0 Å². The lowest BCUT2D eigenvalue weighted by Crippen LogP contribution is -2.19. The maximum atomic E-state index is 11.9. The monoisotopic (exact) mass is 331 g/mol. The molecule has 0 spiro atoms. The molecule has 0 aliphatic rings. The van der Waals surface area contributed by atoms with Crippen molar-refractivity contribution in [2.24, 2.45) is 5.10 Å². The number of rotatable bonds is 4. The summed E-state index contributed by atoms with van der Waals surface area (Å²) in [5.41, 5.74) is 10.3. The van der Waals surface area contributed by atoms with Crippen LogP contribution in [0.2, 0.25) is 0 Å². The van der Waals surface area contributed by atoms with E-state index in [1.807, 2.05) is 0 Å². The Kier molecular flexibility index (Phi) is 4.80. The first kappa shape index (κ1) is 16.7. The number of carbonyl (C=O) groups excluding carboxylic acids is 1. The van der Waals surface area contributed by atoms with Crippen molar-refractivity contribution < 1.29 is 13.2 Å². The smallest absolute Gasteiger partial charge is 0.271 e. The maximum absolute atomic E-state index is 11.9. The van der Waals surface area contributed by atoms with E-state index in [0.717, 1.165) is 11.8 Å². The summed E-state index contributed by atoms with van der Waals surface area (Å²) in [7, 11) is -3.23. The number of hydrogen-bond donors (Lipinski definition) is 2. The van der Waals surface area contributed by atoms with Gasteiger partial charge >= 0.3 is 0 Å². The Bertz CT molecular complexity index is 839. The average molecular weight is 331 g/mol. The van der Waals surface area contributed by atoms with Crippen molar-refractivity contribution in [3.8, 4) is 0 Å². The number of nitrogens with one attached hydrogen (secondary N) is 1. The van der Waals surface area contributed by atoms with E-state index in [2.05, 4.69) is 10.5 Å². The second-order valence-electron chi connectivity index (χ2n) is 5.06. The van der Waals surface area contributed by atoms with E-state index in [9.17, 15) is 13.2 Å². The fraction of sp³-hybridized carbons (Fsp3) is 0.125. The largest absolute Gasteiger partial charge is 0.399 e. The molecule has 0 saturated carbocycles. The van der Waals surface area contributed by atoms with Crippen molar-refractivity contribution in [3.05, 3.63) is 59.7 Å². The topological polar surface area (TPSA) is 102 Å². The van der Waals surface area contributed by atoms with Crippen molar-refractivity contribution in [2.45, 2.75) is 11.8 Å². The summed E-state index contributed by atoms with van der Waals surface area (Å²) in [5, 5.41) is 4.02. The predicted molar refractivity (Wildman–Crippen MR) is 90.1 cm³/mol. The first-order chi connectivity index (χ1) is 10.8. The summed E-state index contributed by atoms with van der Waals surface area (Å²) in [4.78, 5) is 12.2. The zero-order chi connectivity index (χ0) is 17.0. The molecule has 0 saturated heterocycles. The van der Waals surface area contributed by atoms with Crippen molar-refractivity contribution in [1.29, 1.82) is 0 Å². The molecule has 0 aliphatic carbocycles. The zero-order valence-corrected chi connectivity index (χ0v) is 13.6. The van der Waals surface area contributed by atoms with Crippen molar-refractivity contribution in [1.82, 2.24) is 5.43 Å². The van der Waals surface area contributed by atoms with Crippen LogP contribution in [0.3, 0.4) is 0 Å². The van der Waals surface area contributed by atoms with Crippen molar-refractivity contribution in [3.63, 3.8) is 0 Å². The van der Waals surface area contributed by atoms with Gasteiger partial charge in [0.1, 0.15) is 0 Å². The summed E-state index contributed by atoms with van der Waals surface area (Å²) >= 11 is 0. The van der Waals surface area contributed by atoms with Gasteiger partial charge in [-0.15, -0.1) is 0 Å². The highest BCUT2D eigenvalue weighted by atomic mass is 32.2. The molecular weight excluding hydrogens is 314 g/mol. The van der Waals surface area contributed by atoms with Gasteiger partial charge in [0.05, 0.1) is 10.6 Å². The molecule has 120 valence electrons.